The molecule has 36 heavy (non-hydrogen) atoms. The lowest BCUT2D eigenvalue weighted by atomic mass is 10.1. The van der Waals surface area contributed by atoms with Crippen molar-refractivity contribution in [3.8, 4) is 23.1 Å². The molecule has 0 saturated carbocycles. The molecule has 0 bridgehead atoms. The number of methoxy groups -OCH3 is 1. The van der Waals surface area contributed by atoms with Crippen LogP contribution < -0.4 is 10.1 Å². The first-order chi connectivity index (χ1) is 17.5. The van der Waals surface area contributed by atoms with Gasteiger partial charge >= 0.3 is 0 Å². The van der Waals surface area contributed by atoms with E-state index in [1.165, 1.54) is 22.5 Å². The fourth-order valence-electron chi connectivity index (χ4n) is 4.26. The Balaban J connectivity index is 1.51. The molecule has 1 atom stereocenters. The highest BCUT2D eigenvalue weighted by atomic mass is 35.5. The molecule has 4 heterocycles. The van der Waals surface area contributed by atoms with Crippen LogP contribution in [0.15, 0.2) is 49.1 Å². The lowest BCUT2D eigenvalue weighted by Crippen LogP contribution is -2.37. The quantitative estimate of drug-likeness (QED) is 0.427. The lowest BCUT2D eigenvalue weighted by molar-refractivity contribution is -0.132. The summed E-state index contributed by atoms with van der Waals surface area (Å²) in [6, 6.07) is 8.50. The van der Waals surface area contributed by atoms with Gasteiger partial charge in [0.2, 0.25) is 5.91 Å². The van der Waals surface area contributed by atoms with E-state index in [1.807, 2.05) is 0 Å². The first-order valence-corrected chi connectivity index (χ1v) is 11.6. The Morgan fingerprint density at radius 1 is 1.36 bits per heavy atom. The largest absolute Gasteiger partial charge is 0.496 e. The number of anilines is 1. The zero-order chi connectivity index (χ0) is 25.2. The molecule has 1 aliphatic rings. The van der Waals surface area contributed by atoms with Gasteiger partial charge in [0.15, 0.2) is 5.65 Å². The monoisotopic (exact) mass is 504 g/mol. The number of benzene rings is 1. The highest BCUT2D eigenvalue weighted by Crippen LogP contribution is 2.36. The molecular formula is C24H21ClN8O3. The van der Waals surface area contributed by atoms with Crippen LogP contribution in [-0.4, -0.2) is 60.8 Å². The molecule has 2 amide bonds. The second-order valence-corrected chi connectivity index (χ2v) is 8.64. The van der Waals surface area contributed by atoms with Gasteiger partial charge in [-0.25, -0.2) is 9.50 Å². The number of amides is 2. The van der Waals surface area contributed by atoms with Crippen molar-refractivity contribution in [2.75, 3.05) is 19.0 Å². The first kappa shape index (κ1) is 23.3. The van der Waals surface area contributed by atoms with Crippen molar-refractivity contribution >= 4 is 34.7 Å². The highest BCUT2D eigenvalue weighted by Gasteiger charge is 2.29. The second kappa shape index (κ2) is 9.67. The molecule has 182 valence electrons. The maximum atomic E-state index is 13.2. The minimum Gasteiger partial charge on any atom is -0.496 e. The number of ether oxygens (including phenoxy) is 1. The van der Waals surface area contributed by atoms with Crippen molar-refractivity contribution < 1.29 is 14.3 Å². The molecule has 12 heteroatoms. The maximum absolute atomic E-state index is 13.2. The third-order valence-corrected chi connectivity index (χ3v) is 6.20. The van der Waals surface area contributed by atoms with Gasteiger partial charge in [0.25, 0.3) is 5.91 Å². The zero-order valence-corrected chi connectivity index (χ0v) is 20.0. The number of nitriles is 1. The molecule has 1 unspecified atom stereocenters. The Hall–Kier alpha value is -4.43. The number of rotatable bonds is 6. The molecular weight excluding hydrogens is 484 g/mol. The smallest absolute Gasteiger partial charge is 0.261 e. The number of carbonyl (C=O) groups is 2. The van der Waals surface area contributed by atoms with Crippen LogP contribution in [0.25, 0.3) is 16.9 Å². The van der Waals surface area contributed by atoms with Crippen LogP contribution in [0.3, 0.4) is 0 Å². The van der Waals surface area contributed by atoms with Crippen LogP contribution in [0.1, 0.15) is 23.2 Å². The third kappa shape index (κ3) is 4.34. The Labute approximate surface area is 210 Å². The van der Waals surface area contributed by atoms with Crippen molar-refractivity contribution in [3.63, 3.8) is 0 Å². The van der Waals surface area contributed by atoms with Crippen LogP contribution >= 0.6 is 11.6 Å². The number of nitrogens with one attached hydrogen (secondary N) is 1. The molecule has 0 spiro atoms. The van der Waals surface area contributed by atoms with E-state index in [2.05, 4.69) is 26.6 Å². The topological polar surface area (TPSA) is 130 Å². The van der Waals surface area contributed by atoms with Crippen molar-refractivity contribution in [1.29, 1.82) is 5.26 Å². The number of fused-ring (bicyclic) bond motifs is 1. The predicted molar refractivity (Wildman–Crippen MR) is 131 cm³/mol. The van der Waals surface area contributed by atoms with Crippen LogP contribution in [0.2, 0.25) is 5.02 Å². The van der Waals surface area contributed by atoms with Gasteiger partial charge < -0.3 is 15.0 Å². The van der Waals surface area contributed by atoms with E-state index in [0.717, 1.165) is 6.42 Å². The molecule has 1 fully saturated rings. The summed E-state index contributed by atoms with van der Waals surface area (Å²) in [6.45, 7) is 0.431. The van der Waals surface area contributed by atoms with Gasteiger partial charge in [-0.1, -0.05) is 11.6 Å². The molecule has 1 saturated heterocycles. The number of hydrogen-bond acceptors (Lipinski definition) is 7. The highest BCUT2D eigenvalue weighted by molar-refractivity contribution is 6.31. The molecule has 1 N–H and O–H groups in total. The predicted octanol–water partition coefficient (Wildman–Crippen LogP) is 3.02. The Kier molecular flexibility index (Phi) is 6.26. The van der Waals surface area contributed by atoms with Crippen LogP contribution in [0, 0.1) is 11.3 Å². The number of carbonyl (C=O) groups excluding carboxylic acids is 2. The number of hydrogen-bond donors (Lipinski definition) is 1. The summed E-state index contributed by atoms with van der Waals surface area (Å²) in [6.07, 6.45) is 7.71. The van der Waals surface area contributed by atoms with Crippen molar-refractivity contribution in [1.82, 2.24) is 29.3 Å². The summed E-state index contributed by atoms with van der Waals surface area (Å²) in [5, 5.41) is 21.4. The van der Waals surface area contributed by atoms with Crippen molar-refractivity contribution in [2.45, 2.75) is 25.4 Å². The van der Waals surface area contributed by atoms with Gasteiger partial charge in [0, 0.05) is 35.7 Å². The van der Waals surface area contributed by atoms with Gasteiger partial charge in [-0.2, -0.15) is 15.5 Å². The van der Waals surface area contributed by atoms with Gasteiger partial charge in [-0.05, 0) is 37.1 Å². The molecule has 5 rings (SSSR count). The minimum absolute atomic E-state index is 0.0950. The van der Waals surface area contributed by atoms with Gasteiger partial charge in [-0.15, -0.1) is 0 Å². The fourth-order valence-corrected chi connectivity index (χ4v) is 4.44. The fraction of sp³-hybridized carbons (Fsp3) is 0.250. The Bertz CT molecular complexity index is 1500. The van der Waals surface area contributed by atoms with Gasteiger partial charge in [0.05, 0.1) is 25.1 Å². The van der Waals surface area contributed by atoms with E-state index >= 15 is 0 Å². The lowest BCUT2D eigenvalue weighted by Gasteiger charge is -2.19. The standard InChI is InChI=1S/C24H21ClN8O3/c1-36-20-6-5-15(25)10-17(20)22-19(29-24(35)18-12-28-33-9-3-7-27-23(18)33)13-31(30-22)14-21(34)32-8-2-4-16(32)11-26/h3,5-7,9-10,12-13,16H,2,4,8,14H2,1H3,(H,29,35). The van der Waals surface area contributed by atoms with Gasteiger partial charge in [-0.3, -0.25) is 14.3 Å². The Morgan fingerprint density at radius 3 is 3.03 bits per heavy atom. The van der Waals surface area contributed by atoms with E-state index in [9.17, 15) is 14.9 Å². The molecule has 11 nitrogen and oxygen atoms in total. The maximum Gasteiger partial charge on any atom is 0.261 e. The van der Waals surface area contributed by atoms with Crippen molar-refractivity contribution in [3.05, 3.63) is 59.6 Å². The molecule has 3 aromatic heterocycles. The number of likely N-dealkylation sites (tertiary alicyclic amines) is 1. The molecule has 0 aliphatic carbocycles. The van der Waals surface area contributed by atoms with Crippen LogP contribution in [-0.2, 0) is 11.3 Å². The summed E-state index contributed by atoms with van der Waals surface area (Å²) >= 11 is 6.25. The number of aromatic nitrogens is 5. The van der Waals surface area contributed by atoms with E-state index in [-0.39, 0.29) is 18.0 Å². The van der Waals surface area contributed by atoms with Gasteiger partial charge in [0.1, 0.15) is 29.6 Å². The second-order valence-electron chi connectivity index (χ2n) is 8.21. The van der Waals surface area contributed by atoms with E-state index in [0.29, 0.717) is 46.3 Å². The molecule has 1 aliphatic heterocycles. The summed E-state index contributed by atoms with van der Waals surface area (Å²) < 4.78 is 8.43. The van der Waals surface area contributed by atoms with Crippen molar-refractivity contribution in [2.24, 2.45) is 0 Å². The SMILES string of the molecule is COc1ccc(Cl)cc1-c1nn(CC(=O)N2CCCC2C#N)cc1NC(=O)c1cnn2cccnc12. The minimum atomic E-state index is -0.444. The molecule has 1 aromatic carbocycles. The van der Waals surface area contributed by atoms with E-state index in [1.54, 1.807) is 47.8 Å². The van der Waals surface area contributed by atoms with E-state index in [4.69, 9.17) is 16.3 Å². The average Bonchev–Trinajstić information content (AvgIpc) is 3.62. The third-order valence-electron chi connectivity index (χ3n) is 5.97. The number of nitrogens with zero attached hydrogens (tertiary/aromatic N) is 7. The summed E-state index contributed by atoms with van der Waals surface area (Å²) in [5.41, 5.74) is 1.94. The first-order valence-electron chi connectivity index (χ1n) is 11.2. The molecule has 4 aromatic rings. The average molecular weight is 505 g/mol. The summed E-state index contributed by atoms with van der Waals surface area (Å²) in [5.74, 6) is -0.176. The van der Waals surface area contributed by atoms with Crippen LogP contribution in [0.5, 0.6) is 5.75 Å². The van der Waals surface area contributed by atoms with E-state index < -0.39 is 11.9 Å². The number of halogens is 1. The molecule has 0 radical (unpaired) electrons. The zero-order valence-electron chi connectivity index (χ0n) is 19.3. The summed E-state index contributed by atoms with van der Waals surface area (Å²) in [7, 11) is 1.52. The summed E-state index contributed by atoms with van der Waals surface area (Å²) in [4.78, 5) is 31.9. The Morgan fingerprint density at radius 2 is 2.22 bits per heavy atom. The van der Waals surface area contributed by atoms with Crippen LogP contribution in [0.4, 0.5) is 5.69 Å². The normalized spacial score (nSPS) is 15.1.